The third kappa shape index (κ3) is 7.13. The molecule has 0 saturated heterocycles. The number of hydrogen-bond acceptors (Lipinski definition) is 10. The SMILES string of the molecule is CO[C@@H](Cn1cc(-c2cc(F)c(F)c(F)c2)nn1)C(OC(CO)[C@@H](C)O)Sc1cc(Cl)cnc1-c1cncnc1. The zero-order valence-corrected chi connectivity index (χ0v) is 22.7. The Bertz CT molecular complexity index is 1410. The minimum atomic E-state index is -1.58. The molecule has 0 aliphatic carbocycles. The molecule has 2 unspecified atom stereocenters. The standard InChI is InChI=1S/C25H24ClF3N6O4S/c1-13(37)21(11-36)39-25(40-22-5-16(26)8-32-24(22)15-6-30-12-31-7-15)20(38-2)10-35-9-19(33-34-35)14-3-17(27)23(29)18(28)4-14/h3-9,12-13,20-21,25,36-37H,10-11H2,1-2H3/t13-,20+,21?,25?/m1/s1. The van der Waals surface area contributed by atoms with E-state index in [1.807, 2.05) is 0 Å². The van der Waals surface area contributed by atoms with Gasteiger partial charge in [-0.2, -0.15) is 0 Å². The van der Waals surface area contributed by atoms with E-state index in [1.54, 1.807) is 18.5 Å². The molecule has 0 aliphatic rings. The van der Waals surface area contributed by atoms with Crippen LogP contribution in [-0.2, 0) is 16.0 Å². The van der Waals surface area contributed by atoms with Crippen LogP contribution in [0.15, 0.2) is 54.2 Å². The predicted octanol–water partition coefficient (Wildman–Crippen LogP) is 3.76. The molecule has 0 bridgehead atoms. The van der Waals surface area contributed by atoms with E-state index in [4.69, 9.17) is 21.1 Å². The summed E-state index contributed by atoms with van der Waals surface area (Å²) >= 11 is 7.42. The van der Waals surface area contributed by atoms with Gasteiger partial charge >= 0.3 is 0 Å². The Morgan fingerprint density at radius 1 is 1.05 bits per heavy atom. The molecular weight excluding hydrogens is 573 g/mol. The minimum Gasteiger partial charge on any atom is -0.394 e. The molecule has 3 aromatic heterocycles. The van der Waals surface area contributed by atoms with Crippen molar-refractivity contribution in [1.29, 1.82) is 0 Å². The van der Waals surface area contributed by atoms with E-state index in [9.17, 15) is 23.4 Å². The highest BCUT2D eigenvalue weighted by atomic mass is 35.5. The van der Waals surface area contributed by atoms with Gasteiger partial charge in [-0.25, -0.2) is 27.8 Å². The van der Waals surface area contributed by atoms with E-state index in [0.29, 0.717) is 21.2 Å². The first-order chi connectivity index (χ1) is 19.2. The molecule has 0 fully saturated rings. The second-order valence-electron chi connectivity index (χ2n) is 8.57. The Labute approximate surface area is 236 Å². The van der Waals surface area contributed by atoms with Gasteiger partial charge < -0.3 is 19.7 Å². The molecule has 212 valence electrons. The lowest BCUT2D eigenvalue weighted by molar-refractivity contribution is -0.105. The summed E-state index contributed by atoms with van der Waals surface area (Å²) in [5.74, 6) is -4.29. The van der Waals surface area contributed by atoms with Crippen LogP contribution in [0, 0.1) is 17.5 Å². The molecule has 3 heterocycles. The van der Waals surface area contributed by atoms with Gasteiger partial charge in [-0.3, -0.25) is 4.98 Å². The maximum absolute atomic E-state index is 13.7. The molecule has 15 heteroatoms. The van der Waals surface area contributed by atoms with E-state index in [-0.39, 0.29) is 17.8 Å². The summed E-state index contributed by atoms with van der Waals surface area (Å²) in [6.07, 6.45) is 4.67. The summed E-state index contributed by atoms with van der Waals surface area (Å²) in [5, 5.41) is 28.3. The van der Waals surface area contributed by atoms with E-state index in [2.05, 4.69) is 25.3 Å². The van der Waals surface area contributed by atoms with Crippen LogP contribution in [0.5, 0.6) is 0 Å². The normalized spacial score (nSPS) is 14.6. The Kier molecular flexibility index (Phi) is 10.1. The van der Waals surface area contributed by atoms with E-state index >= 15 is 0 Å². The van der Waals surface area contributed by atoms with Crippen molar-refractivity contribution >= 4 is 23.4 Å². The smallest absolute Gasteiger partial charge is 0.194 e. The lowest BCUT2D eigenvalue weighted by Gasteiger charge is -2.30. The third-order valence-corrected chi connectivity index (χ3v) is 7.13. The van der Waals surface area contributed by atoms with Crippen molar-refractivity contribution in [3.8, 4) is 22.5 Å². The number of hydrogen-bond donors (Lipinski definition) is 2. The molecule has 0 radical (unpaired) electrons. The molecule has 40 heavy (non-hydrogen) atoms. The number of methoxy groups -OCH3 is 1. The number of ether oxygens (including phenoxy) is 2. The van der Waals surface area contributed by atoms with Crippen molar-refractivity contribution in [1.82, 2.24) is 29.9 Å². The molecule has 4 rings (SSSR count). The second kappa shape index (κ2) is 13.5. The van der Waals surface area contributed by atoms with Gasteiger partial charge in [0, 0.05) is 41.7 Å². The van der Waals surface area contributed by atoms with Gasteiger partial charge in [-0.15, -0.1) is 5.10 Å². The number of aromatic nitrogens is 6. The Balaban J connectivity index is 1.65. The molecular formula is C25H24ClF3N6O4S. The zero-order chi connectivity index (χ0) is 28.8. The Hall–Kier alpha value is -3.14. The summed E-state index contributed by atoms with van der Waals surface area (Å²) in [4.78, 5) is 13.1. The van der Waals surface area contributed by atoms with Crippen LogP contribution in [0.25, 0.3) is 22.5 Å². The van der Waals surface area contributed by atoms with Gasteiger partial charge in [-0.1, -0.05) is 28.6 Å². The summed E-state index contributed by atoms with van der Waals surface area (Å²) in [6, 6.07) is 3.31. The van der Waals surface area contributed by atoms with E-state index in [1.165, 1.54) is 49.2 Å². The number of halogens is 4. The van der Waals surface area contributed by atoms with Crippen molar-refractivity contribution in [3.05, 3.63) is 71.8 Å². The van der Waals surface area contributed by atoms with Crippen LogP contribution in [0.1, 0.15) is 6.92 Å². The minimum absolute atomic E-state index is 0.00651. The average Bonchev–Trinajstić information content (AvgIpc) is 3.41. The lowest BCUT2D eigenvalue weighted by atomic mass is 10.1. The van der Waals surface area contributed by atoms with E-state index in [0.717, 1.165) is 12.1 Å². The number of rotatable bonds is 12. The fourth-order valence-corrected chi connectivity index (χ4v) is 5.12. The second-order valence-corrected chi connectivity index (χ2v) is 10.1. The first kappa shape index (κ1) is 29.8. The largest absolute Gasteiger partial charge is 0.394 e. The van der Waals surface area contributed by atoms with Gasteiger partial charge in [-0.05, 0) is 25.1 Å². The van der Waals surface area contributed by atoms with E-state index < -0.39 is 47.8 Å². The molecule has 4 atom stereocenters. The predicted molar refractivity (Wildman–Crippen MR) is 140 cm³/mol. The molecule has 0 aliphatic heterocycles. The van der Waals surface area contributed by atoms with Gasteiger partial charge in [0.25, 0.3) is 0 Å². The van der Waals surface area contributed by atoms with Crippen molar-refractivity contribution in [2.75, 3.05) is 13.7 Å². The quantitative estimate of drug-likeness (QED) is 0.142. The molecule has 0 spiro atoms. The summed E-state index contributed by atoms with van der Waals surface area (Å²) in [7, 11) is 1.43. The maximum Gasteiger partial charge on any atom is 0.194 e. The number of aliphatic hydroxyl groups is 2. The number of thioether (sulfide) groups is 1. The first-order valence-corrected chi connectivity index (χ1v) is 13.1. The molecule has 10 nitrogen and oxygen atoms in total. The van der Waals surface area contributed by atoms with Gasteiger partial charge in [0.05, 0.1) is 36.2 Å². The fourth-order valence-electron chi connectivity index (χ4n) is 3.63. The summed E-state index contributed by atoms with van der Waals surface area (Å²) < 4.78 is 54.0. The summed E-state index contributed by atoms with van der Waals surface area (Å²) in [6.45, 7) is 1.03. The maximum atomic E-state index is 13.7. The highest BCUT2D eigenvalue weighted by Crippen LogP contribution is 2.37. The van der Waals surface area contributed by atoms with Crippen molar-refractivity contribution in [3.63, 3.8) is 0 Å². The van der Waals surface area contributed by atoms with Gasteiger partial charge in [0.1, 0.15) is 29.7 Å². The van der Waals surface area contributed by atoms with Gasteiger partial charge in [0.2, 0.25) is 0 Å². The molecule has 1 aromatic carbocycles. The fraction of sp³-hybridized carbons (Fsp3) is 0.320. The van der Waals surface area contributed by atoms with Crippen LogP contribution < -0.4 is 0 Å². The monoisotopic (exact) mass is 596 g/mol. The van der Waals surface area contributed by atoms with Crippen LogP contribution in [0.4, 0.5) is 13.2 Å². The van der Waals surface area contributed by atoms with Crippen molar-refractivity contribution in [2.45, 2.75) is 42.1 Å². The summed E-state index contributed by atoms with van der Waals surface area (Å²) in [5.41, 5.74) is 0.352. The molecule has 4 aromatic rings. The first-order valence-electron chi connectivity index (χ1n) is 11.8. The van der Waals surface area contributed by atoms with Crippen LogP contribution in [-0.4, -0.2) is 77.6 Å². The average molecular weight is 597 g/mol. The molecule has 2 N–H and O–H groups in total. The number of aliphatic hydroxyl groups excluding tert-OH is 2. The van der Waals surface area contributed by atoms with Crippen molar-refractivity contribution in [2.24, 2.45) is 0 Å². The lowest BCUT2D eigenvalue weighted by Crippen LogP contribution is -2.40. The highest BCUT2D eigenvalue weighted by molar-refractivity contribution is 8.00. The number of pyridine rings is 1. The van der Waals surface area contributed by atoms with Crippen LogP contribution in [0.3, 0.4) is 0 Å². The Morgan fingerprint density at radius 2 is 1.75 bits per heavy atom. The zero-order valence-electron chi connectivity index (χ0n) is 21.2. The number of nitrogens with zero attached hydrogens (tertiary/aromatic N) is 6. The Morgan fingerprint density at radius 3 is 2.38 bits per heavy atom. The molecule has 0 saturated carbocycles. The third-order valence-electron chi connectivity index (χ3n) is 5.71. The van der Waals surface area contributed by atoms with Crippen LogP contribution >= 0.6 is 23.4 Å². The number of benzene rings is 1. The van der Waals surface area contributed by atoms with Crippen LogP contribution in [0.2, 0.25) is 5.02 Å². The van der Waals surface area contributed by atoms with Crippen molar-refractivity contribution < 1.29 is 32.9 Å². The molecule has 0 amide bonds. The topological polar surface area (TPSA) is 128 Å². The van der Waals surface area contributed by atoms with Gasteiger partial charge in [0.15, 0.2) is 17.5 Å². The highest BCUT2D eigenvalue weighted by Gasteiger charge is 2.31.